The fraction of sp³-hybridized carbons (Fsp3) is 0.393. The van der Waals surface area contributed by atoms with Gasteiger partial charge in [-0.25, -0.2) is 9.48 Å². The van der Waals surface area contributed by atoms with Crippen LogP contribution in [0.25, 0.3) is 16.8 Å². The van der Waals surface area contributed by atoms with E-state index in [2.05, 4.69) is 39.9 Å². The van der Waals surface area contributed by atoms with E-state index in [9.17, 15) is 4.79 Å². The minimum atomic E-state index is -0.497. The fourth-order valence-corrected chi connectivity index (χ4v) is 5.11. The third kappa shape index (κ3) is 5.12. The van der Waals surface area contributed by atoms with Gasteiger partial charge in [-0.2, -0.15) is 0 Å². The molecule has 0 fully saturated rings. The highest BCUT2D eigenvalue weighted by molar-refractivity contribution is 6.30. The van der Waals surface area contributed by atoms with Crippen LogP contribution in [0.5, 0.6) is 0 Å². The lowest BCUT2D eigenvalue weighted by Crippen LogP contribution is -2.39. The molecule has 8 heteroatoms. The van der Waals surface area contributed by atoms with Crippen molar-refractivity contribution in [3.8, 4) is 11.3 Å². The summed E-state index contributed by atoms with van der Waals surface area (Å²) in [5.41, 5.74) is 7.27. The molecule has 0 saturated heterocycles. The van der Waals surface area contributed by atoms with E-state index in [4.69, 9.17) is 16.3 Å². The molecule has 1 aromatic heterocycles. The zero-order valence-corrected chi connectivity index (χ0v) is 22.0. The summed E-state index contributed by atoms with van der Waals surface area (Å²) in [5.74, 6) is 0. The van der Waals surface area contributed by atoms with Crippen LogP contribution in [0.1, 0.15) is 56.5 Å². The van der Waals surface area contributed by atoms with Crippen LogP contribution >= 0.6 is 11.6 Å². The second-order valence-corrected chi connectivity index (χ2v) is 10.9. The first-order valence-corrected chi connectivity index (χ1v) is 12.8. The standard InChI is InChI=1S/C28H32ClN5O2/c1-18-26-23-9-8-20(19-10-13-33(14-11-19)27(35)36-28(2,3)4)16-24(23)25(12-15-34(26)32-31-18)30-22-7-5-6-21(29)17-22/h5-10,16-17,25,30H,11-15H2,1-4H3/t25-/m0/s1. The third-order valence-corrected chi connectivity index (χ3v) is 6.85. The van der Waals surface area contributed by atoms with Gasteiger partial charge in [-0.15, -0.1) is 5.10 Å². The second kappa shape index (κ2) is 9.62. The normalized spacial score (nSPS) is 17.5. The highest BCUT2D eigenvalue weighted by Gasteiger charge is 2.27. The van der Waals surface area contributed by atoms with E-state index in [0.717, 1.165) is 42.0 Å². The maximum absolute atomic E-state index is 12.5. The van der Waals surface area contributed by atoms with Crippen LogP contribution in [0.15, 0.2) is 48.5 Å². The largest absolute Gasteiger partial charge is 0.444 e. The molecule has 2 aliphatic heterocycles. The van der Waals surface area contributed by atoms with Crippen molar-refractivity contribution in [2.45, 2.75) is 58.7 Å². The summed E-state index contributed by atoms with van der Waals surface area (Å²) in [6.07, 6.45) is 3.52. The van der Waals surface area contributed by atoms with Crippen LogP contribution in [0.3, 0.4) is 0 Å². The van der Waals surface area contributed by atoms with E-state index >= 15 is 0 Å². The molecule has 0 bridgehead atoms. The Bertz CT molecular complexity index is 1320. The zero-order chi connectivity index (χ0) is 25.4. The molecule has 0 saturated carbocycles. The van der Waals surface area contributed by atoms with Crippen molar-refractivity contribution in [2.75, 3.05) is 18.4 Å². The van der Waals surface area contributed by atoms with Gasteiger partial charge >= 0.3 is 6.09 Å². The molecule has 7 nitrogen and oxygen atoms in total. The van der Waals surface area contributed by atoms with E-state index in [1.165, 1.54) is 16.7 Å². The Morgan fingerprint density at radius 2 is 2.00 bits per heavy atom. The molecule has 1 amide bonds. The zero-order valence-electron chi connectivity index (χ0n) is 21.2. The number of nitrogens with zero attached hydrogens (tertiary/aromatic N) is 4. The van der Waals surface area contributed by atoms with Crippen molar-refractivity contribution in [3.63, 3.8) is 0 Å². The Hall–Kier alpha value is -3.32. The number of halogens is 1. The summed E-state index contributed by atoms with van der Waals surface area (Å²) in [7, 11) is 0. The van der Waals surface area contributed by atoms with Gasteiger partial charge in [0.1, 0.15) is 5.60 Å². The average Bonchev–Trinajstić information content (AvgIpc) is 3.12. The lowest BCUT2D eigenvalue weighted by Gasteiger charge is -2.30. The predicted octanol–water partition coefficient (Wildman–Crippen LogP) is 6.49. The average molecular weight is 506 g/mol. The molecule has 5 rings (SSSR count). The summed E-state index contributed by atoms with van der Waals surface area (Å²) in [5, 5.41) is 13.1. The molecule has 3 aromatic rings. The van der Waals surface area contributed by atoms with Crippen LogP contribution in [0.4, 0.5) is 10.5 Å². The minimum Gasteiger partial charge on any atom is -0.444 e. The van der Waals surface area contributed by atoms with Crippen LogP contribution < -0.4 is 5.32 Å². The van der Waals surface area contributed by atoms with Crippen molar-refractivity contribution >= 4 is 29.0 Å². The number of aryl methyl sites for hydroxylation is 2. The molecule has 36 heavy (non-hydrogen) atoms. The van der Waals surface area contributed by atoms with Crippen LogP contribution in [0, 0.1) is 6.92 Å². The Balaban J connectivity index is 1.46. The molecule has 0 spiro atoms. The number of carbonyl (C=O) groups excluding carboxylic acids is 1. The van der Waals surface area contributed by atoms with Gasteiger partial charge in [0.05, 0.1) is 17.4 Å². The Labute approximate surface area is 217 Å². The number of anilines is 1. The fourth-order valence-electron chi connectivity index (χ4n) is 4.92. The maximum Gasteiger partial charge on any atom is 0.410 e. The van der Waals surface area contributed by atoms with Crippen LogP contribution in [-0.4, -0.2) is 44.7 Å². The molecular formula is C28H32ClN5O2. The number of rotatable bonds is 3. The maximum atomic E-state index is 12.5. The predicted molar refractivity (Wildman–Crippen MR) is 143 cm³/mol. The molecule has 2 aliphatic rings. The van der Waals surface area contributed by atoms with E-state index in [1.54, 1.807) is 4.90 Å². The molecule has 3 heterocycles. The number of amides is 1. The number of hydrogen-bond donors (Lipinski definition) is 1. The molecule has 188 valence electrons. The number of aromatic nitrogens is 3. The van der Waals surface area contributed by atoms with E-state index < -0.39 is 5.60 Å². The number of fused-ring (bicyclic) bond motifs is 3. The summed E-state index contributed by atoms with van der Waals surface area (Å²) in [6.45, 7) is 9.63. The molecule has 0 aliphatic carbocycles. The van der Waals surface area contributed by atoms with E-state index in [0.29, 0.717) is 18.1 Å². The molecule has 0 radical (unpaired) electrons. The molecule has 1 N–H and O–H groups in total. The molecule has 2 aromatic carbocycles. The van der Waals surface area contributed by atoms with Crippen molar-refractivity contribution in [1.29, 1.82) is 0 Å². The first-order valence-electron chi connectivity index (χ1n) is 12.4. The van der Waals surface area contributed by atoms with Gasteiger partial charge in [-0.1, -0.05) is 41.1 Å². The Morgan fingerprint density at radius 1 is 1.17 bits per heavy atom. The lowest BCUT2D eigenvalue weighted by atomic mass is 9.90. The monoisotopic (exact) mass is 505 g/mol. The highest BCUT2D eigenvalue weighted by atomic mass is 35.5. The summed E-state index contributed by atoms with van der Waals surface area (Å²) in [6, 6.07) is 14.6. The van der Waals surface area contributed by atoms with E-state index in [1.807, 2.05) is 56.6 Å². The summed E-state index contributed by atoms with van der Waals surface area (Å²) < 4.78 is 7.55. The van der Waals surface area contributed by atoms with Gasteiger partial charge in [0.15, 0.2) is 0 Å². The minimum absolute atomic E-state index is 0.0852. The summed E-state index contributed by atoms with van der Waals surface area (Å²) >= 11 is 6.26. The first kappa shape index (κ1) is 24.4. The first-order chi connectivity index (χ1) is 17.2. The molecule has 0 unspecified atom stereocenters. The van der Waals surface area contributed by atoms with Crippen molar-refractivity contribution in [2.24, 2.45) is 0 Å². The van der Waals surface area contributed by atoms with Gasteiger partial charge in [0.25, 0.3) is 0 Å². The number of ether oxygens (including phenoxy) is 1. The molecular weight excluding hydrogens is 474 g/mol. The van der Waals surface area contributed by atoms with Crippen molar-refractivity contribution in [1.82, 2.24) is 19.9 Å². The smallest absolute Gasteiger partial charge is 0.410 e. The van der Waals surface area contributed by atoms with Gasteiger partial charge in [0, 0.05) is 35.9 Å². The van der Waals surface area contributed by atoms with Crippen molar-refractivity contribution in [3.05, 3.63) is 70.4 Å². The van der Waals surface area contributed by atoms with E-state index in [-0.39, 0.29) is 12.1 Å². The highest BCUT2D eigenvalue weighted by Crippen LogP contribution is 2.39. The number of hydrogen-bond acceptors (Lipinski definition) is 5. The van der Waals surface area contributed by atoms with Crippen LogP contribution in [-0.2, 0) is 11.3 Å². The number of benzene rings is 2. The van der Waals surface area contributed by atoms with Gasteiger partial charge in [0.2, 0.25) is 0 Å². The van der Waals surface area contributed by atoms with Crippen LogP contribution in [0.2, 0.25) is 5.02 Å². The van der Waals surface area contributed by atoms with Gasteiger partial charge in [-0.3, -0.25) is 0 Å². The van der Waals surface area contributed by atoms with Gasteiger partial charge < -0.3 is 15.0 Å². The van der Waals surface area contributed by atoms with Crippen molar-refractivity contribution < 1.29 is 9.53 Å². The Morgan fingerprint density at radius 3 is 2.72 bits per heavy atom. The topological polar surface area (TPSA) is 72.3 Å². The second-order valence-electron chi connectivity index (χ2n) is 10.5. The Kier molecular flexibility index (Phi) is 6.51. The summed E-state index contributed by atoms with van der Waals surface area (Å²) in [4.78, 5) is 14.3. The number of carbonyl (C=O) groups is 1. The molecule has 1 atom stereocenters. The quantitative estimate of drug-likeness (QED) is 0.440. The number of nitrogens with one attached hydrogen (secondary N) is 1. The lowest BCUT2D eigenvalue weighted by molar-refractivity contribution is 0.0270. The SMILES string of the molecule is Cc1nnn2c1-c1ccc(C3=CCN(C(=O)OC(C)(C)C)CC3)cc1[C@@H](Nc1cccc(Cl)c1)CC2. The third-order valence-electron chi connectivity index (χ3n) is 6.61. The van der Waals surface area contributed by atoms with Gasteiger partial charge in [-0.05, 0) is 81.5 Å².